The first-order valence-corrected chi connectivity index (χ1v) is 6.74. The Labute approximate surface area is 121 Å². The molecule has 0 aliphatic heterocycles. The lowest BCUT2D eigenvalue weighted by Crippen LogP contribution is -1.99. The van der Waals surface area contributed by atoms with Gasteiger partial charge in [0.15, 0.2) is 0 Å². The molecule has 3 aromatic rings. The molecule has 0 fully saturated rings. The van der Waals surface area contributed by atoms with Gasteiger partial charge in [-0.15, -0.1) is 0 Å². The summed E-state index contributed by atoms with van der Waals surface area (Å²) in [5.41, 5.74) is 3.04. The molecular formula is C16H14ClFN2. The molecule has 2 aromatic carbocycles. The fourth-order valence-corrected chi connectivity index (χ4v) is 2.64. The molecule has 0 saturated heterocycles. The Morgan fingerprint density at radius 2 is 2.00 bits per heavy atom. The molecule has 1 heterocycles. The van der Waals surface area contributed by atoms with E-state index >= 15 is 0 Å². The van der Waals surface area contributed by atoms with Gasteiger partial charge in [0.1, 0.15) is 5.82 Å². The van der Waals surface area contributed by atoms with Gasteiger partial charge in [0.05, 0.1) is 0 Å². The molecule has 1 N–H and O–H groups in total. The maximum Gasteiger partial charge on any atom is 0.126 e. The zero-order chi connectivity index (χ0) is 14.1. The number of nitrogens with one attached hydrogen (secondary N) is 1. The molecule has 102 valence electrons. The van der Waals surface area contributed by atoms with Crippen LogP contribution in [0.15, 0.2) is 48.7 Å². The second-order valence-corrected chi connectivity index (χ2v) is 5.23. The topological polar surface area (TPSA) is 17.0 Å². The quantitative estimate of drug-likeness (QED) is 0.746. The van der Waals surface area contributed by atoms with E-state index in [2.05, 4.69) is 28.2 Å². The zero-order valence-corrected chi connectivity index (χ0v) is 11.8. The maximum absolute atomic E-state index is 13.3. The Hall–Kier alpha value is -2.00. The first-order chi connectivity index (χ1) is 9.63. The third kappa shape index (κ3) is 2.49. The van der Waals surface area contributed by atoms with Crippen LogP contribution in [0.4, 0.5) is 10.1 Å². The van der Waals surface area contributed by atoms with Crippen LogP contribution >= 0.6 is 11.6 Å². The lowest BCUT2D eigenvalue weighted by molar-refractivity contribution is 0.628. The van der Waals surface area contributed by atoms with E-state index in [1.165, 1.54) is 28.6 Å². The van der Waals surface area contributed by atoms with Crippen molar-refractivity contribution in [2.45, 2.75) is 6.54 Å². The first kappa shape index (κ1) is 13.0. The Bertz CT molecular complexity index is 744. The van der Waals surface area contributed by atoms with Crippen LogP contribution in [0.3, 0.4) is 0 Å². The Balaban J connectivity index is 1.87. The molecule has 0 bridgehead atoms. The Morgan fingerprint density at radius 3 is 2.80 bits per heavy atom. The van der Waals surface area contributed by atoms with Crippen molar-refractivity contribution in [2.24, 2.45) is 7.05 Å². The number of anilines is 1. The number of rotatable bonds is 3. The number of hydrogen-bond donors (Lipinski definition) is 1. The van der Waals surface area contributed by atoms with Crippen LogP contribution in [-0.4, -0.2) is 4.57 Å². The highest BCUT2D eigenvalue weighted by Gasteiger charge is 2.06. The Morgan fingerprint density at radius 1 is 1.20 bits per heavy atom. The van der Waals surface area contributed by atoms with Gasteiger partial charge < -0.3 is 9.88 Å². The summed E-state index contributed by atoms with van der Waals surface area (Å²) in [6, 6.07) is 12.7. The molecule has 2 nitrogen and oxygen atoms in total. The number of fused-ring (bicyclic) bond motifs is 1. The number of aromatic nitrogens is 1. The van der Waals surface area contributed by atoms with Crippen LogP contribution < -0.4 is 5.32 Å². The summed E-state index contributed by atoms with van der Waals surface area (Å²) in [5.74, 6) is -0.335. The summed E-state index contributed by atoms with van der Waals surface area (Å²) in [5, 5.41) is 4.80. The number of halogens is 2. The molecule has 0 atom stereocenters. The minimum absolute atomic E-state index is 0.335. The summed E-state index contributed by atoms with van der Waals surface area (Å²) >= 11 is 5.85. The third-order valence-electron chi connectivity index (χ3n) is 3.32. The monoisotopic (exact) mass is 288 g/mol. The van der Waals surface area contributed by atoms with E-state index < -0.39 is 0 Å². The van der Waals surface area contributed by atoms with Crippen LogP contribution in [0.1, 0.15) is 5.56 Å². The number of para-hydroxylation sites is 1. The first-order valence-electron chi connectivity index (χ1n) is 6.36. The minimum atomic E-state index is -0.335. The third-order valence-corrected chi connectivity index (χ3v) is 3.54. The highest BCUT2D eigenvalue weighted by Crippen LogP contribution is 2.23. The second-order valence-electron chi connectivity index (χ2n) is 4.79. The molecular weight excluding hydrogens is 275 g/mol. The van der Waals surface area contributed by atoms with Crippen molar-refractivity contribution in [3.8, 4) is 0 Å². The normalized spacial score (nSPS) is 10.9. The average Bonchev–Trinajstić information content (AvgIpc) is 2.73. The number of nitrogens with zero attached hydrogens (tertiary/aromatic N) is 1. The van der Waals surface area contributed by atoms with Crippen LogP contribution in [0.25, 0.3) is 10.9 Å². The van der Waals surface area contributed by atoms with Crippen molar-refractivity contribution in [1.29, 1.82) is 0 Å². The zero-order valence-electron chi connectivity index (χ0n) is 11.0. The van der Waals surface area contributed by atoms with Crippen LogP contribution in [0.5, 0.6) is 0 Å². The van der Waals surface area contributed by atoms with Crippen LogP contribution in [-0.2, 0) is 13.6 Å². The second kappa shape index (κ2) is 5.17. The van der Waals surface area contributed by atoms with Crippen molar-refractivity contribution in [3.05, 3.63) is 65.1 Å². The van der Waals surface area contributed by atoms with Gasteiger partial charge in [0, 0.05) is 41.4 Å². The molecule has 4 heteroatoms. The van der Waals surface area contributed by atoms with Gasteiger partial charge in [0.25, 0.3) is 0 Å². The van der Waals surface area contributed by atoms with Crippen LogP contribution in [0.2, 0.25) is 5.02 Å². The molecule has 1 aromatic heterocycles. The van der Waals surface area contributed by atoms with E-state index in [0.29, 0.717) is 17.3 Å². The standard InChI is InChI=1S/C16H14ClFN2/c1-20-10-11(15-4-2-3-5-16(15)20)9-19-14-7-12(17)6-13(18)8-14/h2-8,10,19H,9H2,1H3. The predicted octanol–water partition coefficient (Wildman–Crippen LogP) is 4.58. The van der Waals surface area contributed by atoms with Crippen molar-refractivity contribution in [1.82, 2.24) is 4.57 Å². The fraction of sp³-hybridized carbons (Fsp3) is 0.125. The maximum atomic E-state index is 13.3. The van der Waals surface area contributed by atoms with Crippen molar-refractivity contribution in [2.75, 3.05) is 5.32 Å². The van der Waals surface area contributed by atoms with E-state index in [-0.39, 0.29) is 5.82 Å². The van der Waals surface area contributed by atoms with Gasteiger partial charge in [0.2, 0.25) is 0 Å². The highest BCUT2D eigenvalue weighted by atomic mass is 35.5. The van der Waals surface area contributed by atoms with E-state index in [1.807, 2.05) is 19.2 Å². The largest absolute Gasteiger partial charge is 0.381 e. The van der Waals surface area contributed by atoms with Gasteiger partial charge in [-0.1, -0.05) is 29.8 Å². The van der Waals surface area contributed by atoms with E-state index in [1.54, 1.807) is 6.07 Å². The smallest absolute Gasteiger partial charge is 0.126 e. The SMILES string of the molecule is Cn1cc(CNc2cc(F)cc(Cl)c2)c2ccccc21. The van der Waals surface area contributed by atoms with Gasteiger partial charge in [-0.2, -0.15) is 0 Å². The summed E-state index contributed by atoms with van der Waals surface area (Å²) in [6.45, 7) is 0.626. The van der Waals surface area contributed by atoms with Crippen molar-refractivity contribution < 1.29 is 4.39 Å². The molecule has 0 unspecified atom stereocenters. The molecule has 0 amide bonds. The molecule has 0 aliphatic carbocycles. The summed E-state index contributed by atoms with van der Waals surface area (Å²) in [4.78, 5) is 0. The van der Waals surface area contributed by atoms with Gasteiger partial charge in [-0.3, -0.25) is 0 Å². The molecule has 0 radical (unpaired) electrons. The van der Waals surface area contributed by atoms with Crippen LogP contribution in [0, 0.1) is 5.82 Å². The number of aryl methyl sites for hydroxylation is 1. The van der Waals surface area contributed by atoms with Crippen molar-refractivity contribution >= 4 is 28.2 Å². The summed E-state index contributed by atoms with van der Waals surface area (Å²) in [7, 11) is 2.02. The fourth-order valence-electron chi connectivity index (χ4n) is 2.42. The summed E-state index contributed by atoms with van der Waals surface area (Å²) < 4.78 is 15.4. The van der Waals surface area contributed by atoms with E-state index in [0.717, 1.165) is 0 Å². The molecule has 20 heavy (non-hydrogen) atoms. The molecule has 0 aliphatic rings. The van der Waals surface area contributed by atoms with Gasteiger partial charge in [-0.05, 0) is 29.8 Å². The molecule has 0 spiro atoms. The predicted molar refractivity (Wildman–Crippen MR) is 81.7 cm³/mol. The highest BCUT2D eigenvalue weighted by molar-refractivity contribution is 6.30. The van der Waals surface area contributed by atoms with Gasteiger partial charge >= 0.3 is 0 Å². The minimum Gasteiger partial charge on any atom is -0.381 e. The van der Waals surface area contributed by atoms with Gasteiger partial charge in [-0.25, -0.2) is 4.39 Å². The molecule has 3 rings (SSSR count). The molecule has 0 saturated carbocycles. The lowest BCUT2D eigenvalue weighted by atomic mass is 10.2. The average molecular weight is 289 g/mol. The van der Waals surface area contributed by atoms with Crippen molar-refractivity contribution in [3.63, 3.8) is 0 Å². The van der Waals surface area contributed by atoms with E-state index in [9.17, 15) is 4.39 Å². The number of benzene rings is 2. The Kier molecular flexibility index (Phi) is 3.36. The van der Waals surface area contributed by atoms with E-state index in [4.69, 9.17) is 11.6 Å². The summed E-state index contributed by atoms with van der Waals surface area (Å²) in [6.07, 6.45) is 2.08. The lowest BCUT2D eigenvalue weighted by Gasteiger charge is -2.06. The number of hydrogen-bond acceptors (Lipinski definition) is 1.